The first kappa shape index (κ1) is 26.9. The number of ether oxygens (including phenoxy) is 2. The third kappa shape index (κ3) is 4.88. The van der Waals surface area contributed by atoms with Crippen molar-refractivity contribution in [3.8, 4) is 0 Å². The Bertz CT molecular complexity index is 1320. The quantitative estimate of drug-likeness (QED) is 0.264. The van der Waals surface area contributed by atoms with Crippen molar-refractivity contribution in [1.82, 2.24) is 0 Å². The van der Waals surface area contributed by atoms with Crippen LogP contribution in [0.25, 0.3) is 0 Å². The van der Waals surface area contributed by atoms with Gasteiger partial charge in [-0.2, -0.15) is 0 Å². The molecule has 1 fully saturated rings. The van der Waals surface area contributed by atoms with Crippen LogP contribution in [0.15, 0.2) is 121 Å². The molecule has 0 N–H and O–H groups in total. The standard InChI is InChI=1S/C32H34O4P2/c1-35-30-23-31(38(34,27-19-11-5-12-20-27)28-21-13-6-14-22-28)29(32(30)36-2)24-37(33,25-15-7-3-8-16-25)26-17-9-4-10-18-26/h3-22,29-32H,23-24H2,1-2H3/t29-,30+,31+,32+/m1/s1. The van der Waals surface area contributed by atoms with Gasteiger partial charge >= 0.3 is 0 Å². The molecule has 1 saturated carbocycles. The molecule has 6 heteroatoms. The Balaban J connectivity index is 1.69. The zero-order valence-electron chi connectivity index (χ0n) is 21.8. The molecule has 4 aromatic carbocycles. The van der Waals surface area contributed by atoms with Gasteiger partial charge in [-0.25, -0.2) is 0 Å². The average Bonchev–Trinajstić information content (AvgIpc) is 3.35. The van der Waals surface area contributed by atoms with Crippen LogP contribution in [0, 0.1) is 5.92 Å². The number of benzene rings is 4. The normalized spacial score (nSPS) is 21.8. The summed E-state index contributed by atoms with van der Waals surface area (Å²) in [7, 11) is -2.93. The maximum Gasteiger partial charge on any atom is 0.146 e. The summed E-state index contributed by atoms with van der Waals surface area (Å²) in [4.78, 5) is 0. The lowest BCUT2D eigenvalue weighted by Gasteiger charge is -2.34. The van der Waals surface area contributed by atoms with Crippen LogP contribution in [0.1, 0.15) is 6.42 Å². The maximum absolute atomic E-state index is 15.5. The Morgan fingerprint density at radius 3 is 1.37 bits per heavy atom. The molecule has 0 unspecified atom stereocenters. The van der Waals surface area contributed by atoms with Crippen molar-refractivity contribution in [2.75, 3.05) is 20.4 Å². The summed E-state index contributed by atoms with van der Waals surface area (Å²) in [6, 6.07) is 38.9. The van der Waals surface area contributed by atoms with E-state index in [-0.39, 0.29) is 23.8 Å². The van der Waals surface area contributed by atoms with E-state index in [9.17, 15) is 0 Å². The molecule has 1 aliphatic rings. The van der Waals surface area contributed by atoms with Crippen molar-refractivity contribution in [3.05, 3.63) is 121 Å². The van der Waals surface area contributed by atoms with Crippen molar-refractivity contribution in [2.45, 2.75) is 24.3 Å². The fourth-order valence-electron chi connectivity index (χ4n) is 6.07. The highest BCUT2D eigenvalue weighted by Crippen LogP contribution is 2.60. The molecule has 196 valence electrons. The van der Waals surface area contributed by atoms with Crippen LogP contribution >= 0.6 is 14.3 Å². The Hall–Kier alpha value is -2.74. The molecule has 4 atom stereocenters. The maximum atomic E-state index is 15.5. The average molecular weight is 545 g/mol. The monoisotopic (exact) mass is 544 g/mol. The van der Waals surface area contributed by atoms with Crippen LogP contribution < -0.4 is 21.2 Å². The lowest BCUT2D eigenvalue weighted by atomic mass is 10.1. The molecule has 0 radical (unpaired) electrons. The summed E-state index contributed by atoms with van der Waals surface area (Å²) in [5.41, 5.74) is -0.303. The fourth-order valence-corrected chi connectivity index (χ4v) is 12.9. The van der Waals surface area contributed by atoms with Gasteiger partial charge < -0.3 is 18.6 Å². The molecular formula is C32H34O4P2. The van der Waals surface area contributed by atoms with E-state index in [0.29, 0.717) is 12.6 Å². The van der Waals surface area contributed by atoms with E-state index in [0.717, 1.165) is 21.2 Å². The Kier molecular flexibility index (Phi) is 8.17. The topological polar surface area (TPSA) is 52.6 Å². The largest absolute Gasteiger partial charge is 0.379 e. The lowest BCUT2D eigenvalue weighted by molar-refractivity contribution is -0.0306. The van der Waals surface area contributed by atoms with Gasteiger partial charge in [-0.1, -0.05) is 121 Å². The highest BCUT2D eigenvalue weighted by Gasteiger charge is 2.54. The Morgan fingerprint density at radius 1 is 0.605 bits per heavy atom. The minimum atomic E-state index is -3.18. The van der Waals surface area contributed by atoms with Crippen molar-refractivity contribution in [3.63, 3.8) is 0 Å². The van der Waals surface area contributed by atoms with E-state index in [2.05, 4.69) is 0 Å². The summed E-state index contributed by atoms with van der Waals surface area (Å²) in [5, 5.41) is 3.22. The van der Waals surface area contributed by atoms with Gasteiger partial charge in [-0.3, -0.25) is 0 Å². The van der Waals surface area contributed by atoms with E-state index in [4.69, 9.17) is 9.47 Å². The molecule has 5 rings (SSSR count). The van der Waals surface area contributed by atoms with Gasteiger partial charge in [0.05, 0.1) is 12.2 Å². The van der Waals surface area contributed by atoms with Crippen molar-refractivity contribution in [1.29, 1.82) is 0 Å². The first-order valence-electron chi connectivity index (χ1n) is 13.0. The van der Waals surface area contributed by atoms with E-state index in [1.807, 2.05) is 121 Å². The molecule has 4 nitrogen and oxygen atoms in total. The molecule has 0 saturated heterocycles. The van der Waals surface area contributed by atoms with Crippen molar-refractivity contribution < 1.29 is 18.6 Å². The van der Waals surface area contributed by atoms with Crippen LogP contribution in [0.2, 0.25) is 0 Å². The van der Waals surface area contributed by atoms with Gasteiger partial charge in [-0.15, -0.1) is 0 Å². The molecule has 0 aliphatic heterocycles. The second-order valence-corrected chi connectivity index (χ2v) is 15.8. The Labute approximate surface area is 225 Å². The zero-order valence-corrected chi connectivity index (χ0v) is 23.6. The van der Waals surface area contributed by atoms with Crippen LogP contribution in [0.4, 0.5) is 0 Å². The molecule has 0 amide bonds. The molecule has 0 bridgehead atoms. The number of methoxy groups -OCH3 is 2. The van der Waals surface area contributed by atoms with Gasteiger partial charge in [0.1, 0.15) is 14.3 Å². The molecule has 0 heterocycles. The second-order valence-electron chi connectivity index (χ2n) is 9.86. The van der Waals surface area contributed by atoms with Crippen LogP contribution in [0.5, 0.6) is 0 Å². The van der Waals surface area contributed by atoms with Gasteiger partial charge in [0.2, 0.25) is 0 Å². The van der Waals surface area contributed by atoms with Crippen LogP contribution in [-0.4, -0.2) is 38.2 Å². The number of hydrogen-bond acceptors (Lipinski definition) is 4. The zero-order chi connectivity index (χ0) is 26.6. The highest BCUT2D eigenvalue weighted by molar-refractivity contribution is 7.80. The molecule has 0 spiro atoms. The first-order chi connectivity index (χ1) is 18.5. The predicted molar refractivity (Wildman–Crippen MR) is 158 cm³/mol. The molecule has 38 heavy (non-hydrogen) atoms. The number of rotatable bonds is 9. The van der Waals surface area contributed by atoms with E-state index in [1.54, 1.807) is 14.2 Å². The third-order valence-corrected chi connectivity index (χ3v) is 14.8. The minimum absolute atomic E-state index is 0.254. The lowest BCUT2D eigenvalue weighted by Crippen LogP contribution is -2.37. The van der Waals surface area contributed by atoms with E-state index >= 15 is 9.13 Å². The first-order valence-corrected chi connectivity index (χ1v) is 16.7. The van der Waals surface area contributed by atoms with Crippen molar-refractivity contribution in [2.24, 2.45) is 5.92 Å². The van der Waals surface area contributed by atoms with Gasteiger partial charge in [0.15, 0.2) is 0 Å². The Morgan fingerprint density at radius 2 is 1.00 bits per heavy atom. The molecule has 0 aromatic heterocycles. The summed E-state index contributed by atoms with van der Waals surface area (Å²) in [6.07, 6.45) is 0.306. The van der Waals surface area contributed by atoms with Gasteiger partial charge in [0, 0.05) is 53.2 Å². The van der Waals surface area contributed by atoms with Gasteiger partial charge in [0.25, 0.3) is 0 Å². The van der Waals surface area contributed by atoms with E-state index < -0.39 is 14.3 Å². The minimum Gasteiger partial charge on any atom is -0.379 e. The second kappa shape index (κ2) is 11.6. The molecule has 4 aromatic rings. The summed E-state index contributed by atoms with van der Waals surface area (Å²) < 4.78 is 42.7. The third-order valence-electron chi connectivity index (χ3n) is 7.89. The SMILES string of the molecule is CO[C@H]1[C@H](CP(=O)(c2ccccc2)c2ccccc2)[C@@H](P(=O)(c2ccccc2)c2ccccc2)C[C@@H]1OC. The summed E-state index contributed by atoms with van der Waals surface area (Å²) >= 11 is 0. The fraction of sp³-hybridized carbons (Fsp3) is 0.250. The highest BCUT2D eigenvalue weighted by atomic mass is 31.2. The van der Waals surface area contributed by atoms with E-state index in [1.165, 1.54) is 0 Å². The van der Waals surface area contributed by atoms with Crippen LogP contribution in [0.3, 0.4) is 0 Å². The summed E-state index contributed by atoms with van der Waals surface area (Å²) in [6.45, 7) is 0. The summed E-state index contributed by atoms with van der Waals surface area (Å²) in [5.74, 6) is -0.262. The molecular weight excluding hydrogens is 510 g/mol. The van der Waals surface area contributed by atoms with Crippen molar-refractivity contribution >= 4 is 35.5 Å². The van der Waals surface area contributed by atoms with Gasteiger partial charge in [-0.05, 0) is 6.42 Å². The number of hydrogen-bond donors (Lipinski definition) is 0. The van der Waals surface area contributed by atoms with Crippen LogP contribution in [-0.2, 0) is 18.6 Å². The predicted octanol–water partition coefficient (Wildman–Crippen LogP) is 5.43. The smallest absolute Gasteiger partial charge is 0.146 e. The molecule has 1 aliphatic carbocycles.